The third-order valence-electron chi connectivity index (χ3n) is 3.46. The fraction of sp³-hybridized carbons (Fsp3) is 0.769. The molecule has 1 saturated carbocycles. The third-order valence-corrected chi connectivity index (χ3v) is 3.46. The van der Waals surface area contributed by atoms with Gasteiger partial charge < -0.3 is 15.2 Å². The van der Waals surface area contributed by atoms with E-state index in [2.05, 4.69) is 5.32 Å². The highest BCUT2D eigenvalue weighted by Gasteiger charge is 2.39. The normalized spacial score (nSPS) is 16.3. The molecule has 19 heavy (non-hydrogen) atoms. The van der Waals surface area contributed by atoms with Crippen molar-refractivity contribution in [2.75, 3.05) is 13.2 Å². The lowest BCUT2D eigenvalue weighted by molar-refractivity contribution is -0.144. The van der Waals surface area contributed by atoms with Gasteiger partial charge in [0, 0.05) is 13.0 Å². The summed E-state index contributed by atoms with van der Waals surface area (Å²) in [6.07, 6.45) is 2.90. The number of aliphatic carboxylic acids is 1. The Bertz CT molecular complexity index is 349. The van der Waals surface area contributed by atoms with Crippen LogP contribution in [0, 0.1) is 5.41 Å². The van der Waals surface area contributed by atoms with E-state index in [1.807, 2.05) is 0 Å². The highest BCUT2D eigenvalue weighted by atomic mass is 16.5. The van der Waals surface area contributed by atoms with Crippen LogP contribution >= 0.6 is 0 Å². The smallest absolute Gasteiger partial charge is 0.306 e. The predicted octanol–water partition coefficient (Wildman–Crippen LogP) is 1.09. The molecule has 2 N–H and O–H groups in total. The van der Waals surface area contributed by atoms with E-state index in [-0.39, 0.29) is 36.6 Å². The Morgan fingerprint density at radius 3 is 2.42 bits per heavy atom. The van der Waals surface area contributed by atoms with Gasteiger partial charge in [-0.25, -0.2) is 0 Å². The van der Waals surface area contributed by atoms with Crippen molar-refractivity contribution in [1.82, 2.24) is 5.32 Å². The third kappa shape index (κ3) is 5.28. The molecular weight excluding hydrogens is 250 g/mol. The first-order valence-electron chi connectivity index (χ1n) is 6.61. The Morgan fingerprint density at radius 1 is 1.26 bits per heavy atom. The minimum Gasteiger partial charge on any atom is -0.481 e. The molecule has 0 unspecified atom stereocenters. The zero-order chi connectivity index (χ0) is 14.3. The van der Waals surface area contributed by atoms with E-state index in [1.54, 1.807) is 6.92 Å². The summed E-state index contributed by atoms with van der Waals surface area (Å²) in [5.74, 6) is -1.45. The topological polar surface area (TPSA) is 92.7 Å². The number of amides is 1. The highest BCUT2D eigenvalue weighted by Crippen LogP contribution is 2.43. The van der Waals surface area contributed by atoms with Gasteiger partial charge in [-0.05, 0) is 25.2 Å². The van der Waals surface area contributed by atoms with Crippen LogP contribution in [0.1, 0.15) is 45.4 Å². The zero-order valence-electron chi connectivity index (χ0n) is 11.2. The van der Waals surface area contributed by atoms with Crippen LogP contribution in [0.5, 0.6) is 0 Å². The summed E-state index contributed by atoms with van der Waals surface area (Å²) in [4.78, 5) is 33.4. The van der Waals surface area contributed by atoms with E-state index in [1.165, 1.54) is 0 Å². The summed E-state index contributed by atoms with van der Waals surface area (Å²) in [6, 6.07) is 0. The van der Waals surface area contributed by atoms with Gasteiger partial charge in [0.1, 0.15) is 0 Å². The summed E-state index contributed by atoms with van der Waals surface area (Å²) in [5, 5.41) is 11.6. The maximum Gasteiger partial charge on any atom is 0.306 e. The number of ether oxygens (including phenoxy) is 1. The van der Waals surface area contributed by atoms with Crippen LogP contribution in [-0.2, 0) is 19.1 Å². The number of carbonyl (C=O) groups excluding carboxylic acids is 2. The molecule has 6 nitrogen and oxygen atoms in total. The molecule has 0 aliphatic heterocycles. The summed E-state index contributed by atoms with van der Waals surface area (Å²) in [5.41, 5.74) is -0.286. The molecule has 1 aliphatic carbocycles. The van der Waals surface area contributed by atoms with Gasteiger partial charge in [-0.15, -0.1) is 0 Å². The number of carboxylic acids is 1. The van der Waals surface area contributed by atoms with E-state index in [0.717, 1.165) is 19.3 Å². The van der Waals surface area contributed by atoms with Gasteiger partial charge in [0.15, 0.2) is 0 Å². The van der Waals surface area contributed by atoms with Gasteiger partial charge >= 0.3 is 11.9 Å². The summed E-state index contributed by atoms with van der Waals surface area (Å²) in [6.45, 7) is 2.40. The molecule has 1 fully saturated rings. The van der Waals surface area contributed by atoms with Crippen LogP contribution < -0.4 is 5.32 Å². The van der Waals surface area contributed by atoms with Crippen molar-refractivity contribution in [3.05, 3.63) is 0 Å². The van der Waals surface area contributed by atoms with Crippen molar-refractivity contribution in [3.63, 3.8) is 0 Å². The first-order valence-corrected chi connectivity index (χ1v) is 6.61. The number of hydrogen-bond acceptors (Lipinski definition) is 4. The second-order valence-corrected chi connectivity index (χ2v) is 5.01. The maximum absolute atomic E-state index is 11.6. The quantitative estimate of drug-likeness (QED) is 0.645. The van der Waals surface area contributed by atoms with E-state index >= 15 is 0 Å². The Hall–Kier alpha value is -1.59. The van der Waals surface area contributed by atoms with Crippen LogP contribution in [0.4, 0.5) is 0 Å². The highest BCUT2D eigenvalue weighted by molar-refractivity contribution is 5.81. The minimum atomic E-state index is -0.833. The van der Waals surface area contributed by atoms with Crippen molar-refractivity contribution in [2.24, 2.45) is 5.41 Å². The molecule has 0 aromatic carbocycles. The molecule has 108 valence electrons. The number of carboxylic acid groups (broad SMARTS) is 1. The minimum absolute atomic E-state index is 0.0611. The number of nitrogens with one attached hydrogen (secondary N) is 1. The average molecular weight is 271 g/mol. The lowest BCUT2D eigenvalue weighted by Gasteiger charge is -2.40. The summed E-state index contributed by atoms with van der Waals surface area (Å²) >= 11 is 0. The molecule has 0 saturated heterocycles. The molecule has 0 bridgehead atoms. The molecule has 1 rings (SSSR count). The number of rotatable bonds is 8. The summed E-state index contributed by atoms with van der Waals surface area (Å²) < 4.78 is 4.73. The van der Waals surface area contributed by atoms with Crippen LogP contribution in [0.25, 0.3) is 0 Å². The molecule has 0 heterocycles. The van der Waals surface area contributed by atoms with Crippen molar-refractivity contribution in [3.8, 4) is 0 Å². The Kier molecular flexibility index (Phi) is 5.79. The van der Waals surface area contributed by atoms with Crippen molar-refractivity contribution in [1.29, 1.82) is 0 Å². The zero-order valence-corrected chi connectivity index (χ0v) is 11.2. The second-order valence-electron chi connectivity index (χ2n) is 5.01. The standard InChI is InChI=1S/C13H21NO5/c1-2-19-12(18)5-4-10(15)14-9-13(6-3-7-13)8-11(16)17/h2-9H2,1H3,(H,14,15)(H,16,17). The molecule has 1 amide bonds. The molecule has 0 atom stereocenters. The van der Waals surface area contributed by atoms with Crippen LogP contribution in [0.3, 0.4) is 0 Å². The van der Waals surface area contributed by atoms with Crippen molar-refractivity contribution >= 4 is 17.8 Å². The second kappa shape index (κ2) is 7.11. The largest absolute Gasteiger partial charge is 0.481 e. The maximum atomic E-state index is 11.6. The van der Waals surface area contributed by atoms with Gasteiger partial charge in [0.25, 0.3) is 0 Å². The van der Waals surface area contributed by atoms with Crippen molar-refractivity contribution in [2.45, 2.75) is 45.4 Å². The SMILES string of the molecule is CCOC(=O)CCC(=O)NCC1(CC(=O)O)CCC1. The molecule has 6 heteroatoms. The fourth-order valence-electron chi connectivity index (χ4n) is 2.24. The first-order chi connectivity index (χ1) is 8.97. The number of carbonyl (C=O) groups is 3. The van der Waals surface area contributed by atoms with E-state index in [0.29, 0.717) is 13.2 Å². The van der Waals surface area contributed by atoms with Gasteiger partial charge in [-0.2, -0.15) is 0 Å². The monoisotopic (exact) mass is 271 g/mol. The van der Waals surface area contributed by atoms with Crippen LogP contribution in [-0.4, -0.2) is 36.1 Å². The molecule has 0 radical (unpaired) electrons. The van der Waals surface area contributed by atoms with Crippen molar-refractivity contribution < 1.29 is 24.2 Å². The fourth-order valence-corrected chi connectivity index (χ4v) is 2.24. The molecule has 0 aromatic heterocycles. The van der Waals surface area contributed by atoms with Crippen LogP contribution in [0.2, 0.25) is 0 Å². The van der Waals surface area contributed by atoms with Gasteiger partial charge in [0.2, 0.25) is 5.91 Å². The number of hydrogen-bond donors (Lipinski definition) is 2. The number of esters is 1. The Balaban J connectivity index is 2.25. The lowest BCUT2D eigenvalue weighted by Crippen LogP contribution is -2.43. The molecule has 1 aliphatic rings. The molecule has 0 spiro atoms. The first kappa shape index (κ1) is 15.5. The molecular formula is C13H21NO5. The summed E-state index contributed by atoms with van der Waals surface area (Å²) in [7, 11) is 0. The lowest BCUT2D eigenvalue weighted by atomic mass is 9.66. The van der Waals surface area contributed by atoms with E-state index in [4.69, 9.17) is 9.84 Å². The van der Waals surface area contributed by atoms with Gasteiger partial charge in [-0.1, -0.05) is 6.42 Å². The molecule has 0 aromatic rings. The van der Waals surface area contributed by atoms with Gasteiger partial charge in [-0.3, -0.25) is 14.4 Å². The van der Waals surface area contributed by atoms with E-state index < -0.39 is 5.97 Å². The Morgan fingerprint density at radius 2 is 1.95 bits per heavy atom. The van der Waals surface area contributed by atoms with Gasteiger partial charge in [0.05, 0.1) is 19.4 Å². The van der Waals surface area contributed by atoms with Crippen LogP contribution in [0.15, 0.2) is 0 Å². The Labute approximate surface area is 112 Å². The van der Waals surface area contributed by atoms with E-state index in [9.17, 15) is 14.4 Å². The average Bonchev–Trinajstić information content (AvgIpc) is 2.29. The predicted molar refractivity (Wildman–Crippen MR) is 67.4 cm³/mol.